The van der Waals surface area contributed by atoms with Crippen LogP contribution in [0.3, 0.4) is 0 Å². The number of aromatic nitrogens is 4. The summed E-state index contributed by atoms with van der Waals surface area (Å²) in [6.45, 7) is 2.02. The highest BCUT2D eigenvalue weighted by Gasteiger charge is 2.20. The number of fused-ring (bicyclic) bond motifs is 1. The minimum Gasteiger partial charge on any atom is -0.453 e. The van der Waals surface area contributed by atoms with Gasteiger partial charge in [-0.05, 0) is 55.6 Å². The molecule has 6 rings (SSSR count). The van der Waals surface area contributed by atoms with Gasteiger partial charge in [0.1, 0.15) is 11.6 Å². The zero-order valence-electron chi connectivity index (χ0n) is 18.7. The largest absolute Gasteiger partial charge is 0.453 e. The first-order chi connectivity index (χ1) is 17.3. The van der Waals surface area contributed by atoms with Gasteiger partial charge in [-0.3, -0.25) is 4.98 Å². The lowest BCUT2D eigenvalue weighted by atomic mass is 9.98. The van der Waals surface area contributed by atoms with Gasteiger partial charge in [-0.15, -0.1) is 11.3 Å². The molecule has 10 heteroatoms. The van der Waals surface area contributed by atoms with Crippen LogP contribution in [0.15, 0.2) is 76.1 Å². The number of anilines is 2. The molecule has 1 aliphatic heterocycles. The molecule has 4 aromatic heterocycles. The van der Waals surface area contributed by atoms with Crippen molar-refractivity contribution in [3.05, 3.63) is 72.1 Å². The number of hydrogen-bond donors (Lipinski definition) is 2. The number of ether oxygens (including phenoxy) is 1. The Balaban J connectivity index is 1.29. The lowest BCUT2D eigenvalue weighted by molar-refractivity contribution is 0.448. The molecule has 0 saturated carbocycles. The number of rotatable bonds is 7. The molecule has 1 aliphatic rings. The predicted molar refractivity (Wildman–Crippen MR) is 143 cm³/mol. The van der Waals surface area contributed by atoms with Crippen LogP contribution in [-0.4, -0.2) is 32.4 Å². The van der Waals surface area contributed by atoms with E-state index >= 15 is 0 Å². The van der Waals surface area contributed by atoms with E-state index in [0.717, 1.165) is 57.9 Å². The summed E-state index contributed by atoms with van der Waals surface area (Å²) in [6.07, 6.45) is 5.83. The fraction of sp³-hybridized carbons (Fsp3) is 0.200. The molecule has 0 spiro atoms. The zero-order chi connectivity index (χ0) is 23.5. The molecule has 0 bridgehead atoms. The van der Waals surface area contributed by atoms with Gasteiger partial charge >= 0.3 is 0 Å². The highest BCUT2D eigenvalue weighted by Crippen LogP contribution is 2.39. The van der Waals surface area contributed by atoms with E-state index < -0.39 is 0 Å². The van der Waals surface area contributed by atoms with Crippen molar-refractivity contribution in [2.24, 2.45) is 0 Å². The van der Waals surface area contributed by atoms with Crippen LogP contribution >= 0.6 is 34.6 Å². The third-order valence-corrected chi connectivity index (χ3v) is 8.44. The van der Waals surface area contributed by atoms with Gasteiger partial charge in [0.25, 0.3) is 0 Å². The van der Waals surface area contributed by atoms with Crippen LogP contribution in [0, 0.1) is 0 Å². The van der Waals surface area contributed by atoms with Crippen LogP contribution in [-0.2, 0) is 0 Å². The van der Waals surface area contributed by atoms with Gasteiger partial charge in [-0.25, -0.2) is 9.97 Å². The number of nitrogens with one attached hydrogen (secondary N) is 2. The van der Waals surface area contributed by atoms with Crippen molar-refractivity contribution in [2.45, 2.75) is 28.6 Å². The molecule has 5 aromatic rings. The van der Waals surface area contributed by atoms with E-state index in [0.29, 0.717) is 17.5 Å². The Hall–Kier alpha value is -3.05. The van der Waals surface area contributed by atoms with E-state index in [2.05, 4.69) is 25.4 Å². The molecular weight excluding hydrogens is 497 g/mol. The van der Waals surface area contributed by atoms with Gasteiger partial charge in [0, 0.05) is 45.7 Å². The number of para-hydroxylation sites is 1. The first-order valence-electron chi connectivity index (χ1n) is 11.4. The average molecular weight is 519 g/mol. The Morgan fingerprint density at radius 3 is 2.83 bits per heavy atom. The third-order valence-electron chi connectivity index (χ3n) is 5.71. The second-order valence-electron chi connectivity index (χ2n) is 8.09. The summed E-state index contributed by atoms with van der Waals surface area (Å²) in [7, 11) is 0. The number of piperidine rings is 1. The molecule has 5 heterocycles. The lowest BCUT2D eigenvalue weighted by Crippen LogP contribution is -2.27. The molecule has 0 amide bonds. The molecule has 35 heavy (non-hydrogen) atoms. The van der Waals surface area contributed by atoms with Crippen LogP contribution in [0.4, 0.5) is 10.9 Å². The third kappa shape index (κ3) is 5.15. The average Bonchev–Trinajstić information content (AvgIpc) is 3.57. The molecule has 7 nitrogen and oxygen atoms in total. The molecular formula is C25H22N6OS3. The van der Waals surface area contributed by atoms with Gasteiger partial charge in [0.15, 0.2) is 11.6 Å². The van der Waals surface area contributed by atoms with Crippen molar-refractivity contribution in [1.82, 2.24) is 24.6 Å². The van der Waals surface area contributed by atoms with Crippen LogP contribution in [0.2, 0.25) is 0 Å². The van der Waals surface area contributed by atoms with E-state index in [4.69, 9.17) is 14.7 Å². The quantitative estimate of drug-likeness (QED) is 0.246. The first kappa shape index (κ1) is 22.4. The number of benzene rings is 1. The molecule has 0 unspecified atom stereocenters. The van der Waals surface area contributed by atoms with Crippen molar-refractivity contribution >= 4 is 55.8 Å². The Morgan fingerprint density at radius 2 is 1.94 bits per heavy atom. The van der Waals surface area contributed by atoms with E-state index in [-0.39, 0.29) is 0 Å². The fourth-order valence-electron chi connectivity index (χ4n) is 3.96. The van der Waals surface area contributed by atoms with Gasteiger partial charge < -0.3 is 15.4 Å². The number of pyridine rings is 2. The summed E-state index contributed by atoms with van der Waals surface area (Å²) in [5.41, 5.74) is 1.01. The first-order valence-corrected chi connectivity index (χ1v) is 13.8. The molecule has 2 N–H and O–H groups in total. The maximum Gasteiger partial charge on any atom is 0.208 e. The fourth-order valence-corrected chi connectivity index (χ4v) is 6.49. The van der Waals surface area contributed by atoms with Gasteiger partial charge in [-0.1, -0.05) is 30.0 Å². The summed E-state index contributed by atoms with van der Waals surface area (Å²) in [6, 6.07) is 15.8. The Morgan fingerprint density at radius 1 is 1.06 bits per heavy atom. The van der Waals surface area contributed by atoms with E-state index in [1.807, 2.05) is 60.9 Å². The molecule has 0 radical (unpaired) electrons. The smallest absolute Gasteiger partial charge is 0.208 e. The molecule has 1 saturated heterocycles. The highest BCUT2D eigenvalue weighted by molar-refractivity contribution is 7.99. The van der Waals surface area contributed by atoms with Crippen LogP contribution in [0.1, 0.15) is 24.6 Å². The SMILES string of the molecule is c1ccc(Oc2cc(Sc3ccnc4ccsc34)cnc2Nc2nc(C3CCNCC3)ns2)cc1. The normalized spacial score (nSPS) is 14.3. The maximum atomic E-state index is 6.26. The highest BCUT2D eigenvalue weighted by atomic mass is 32.2. The second kappa shape index (κ2) is 10.3. The van der Waals surface area contributed by atoms with Crippen LogP contribution in [0.25, 0.3) is 10.2 Å². The molecule has 1 aromatic carbocycles. The standard InChI is InChI=1S/C25H22N6OS3/c1-2-4-17(5-3-1)32-20-14-18(34-21-8-12-27-19-9-13-33-22(19)21)15-28-24(20)30-25-29-23(31-35-25)16-6-10-26-11-7-16/h1-5,8-9,12-16,26H,6-7,10-11H2,(H,28,29,30,31). The Bertz CT molecular complexity index is 1430. The van der Waals surface area contributed by atoms with Crippen molar-refractivity contribution < 1.29 is 4.74 Å². The van der Waals surface area contributed by atoms with Crippen LogP contribution < -0.4 is 15.4 Å². The van der Waals surface area contributed by atoms with E-state index in [1.165, 1.54) is 16.2 Å². The summed E-state index contributed by atoms with van der Waals surface area (Å²) >= 11 is 4.71. The second-order valence-corrected chi connectivity index (χ2v) is 10.9. The minimum atomic E-state index is 0.407. The summed E-state index contributed by atoms with van der Waals surface area (Å²) in [5, 5.41) is 9.53. The molecule has 1 fully saturated rings. The van der Waals surface area contributed by atoms with Crippen molar-refractivity contribution in [3.63, 3.8) is 0 Å². The lowest BCUT2D eigenvalue weighted by Gasteiger charge is -2.19. The molecule has 176 valence electrons. The maximum absolute atomic E-state index is 6.26. The van der Waals surface area contributed by atoms with Gasteiger partial charge in [-0.2, -0.15) is 4.37 Å². The number of nitrogens with zero attached hydrogens (tertiary/aromatic N) is 4. The Kier molecular flexibility index (Phi) is 6.59. The summed E-state index contributed by atoms with van der Waals surface area (Å²) in [5.74, 6) is 3.31. The predicted octanol–water partition coefficient (Wildman–Crippen LogP) is 6.70. The topological polar surface area (TPSA) is 84.9 Å². The van der Waals surface area contributed by atoms with Crippen molar-refractivity contribution in [2.75, 3.05) is 18.4 Å². The summed E-state index contributed by atoms with van der Waals surface area (Å²) in [4.78, 5) is 16.0. The summed E-state index contributed by atoms with van der Waals surface area (Å²) < 4.78 is 12.0. The van der Waals surface area contributed by atoms with E-state index in [1.54, 1.807) is 23.1 Å². The zero-order valence-corrected chi connectivity index (χ0v) is 21.1. The van der Waals surface area contributed by atoms with Crippen molar-refractivity contribution in [3.8, 4) is 11.5 Å². The minimum absolute atomic E-state index is 0.407. The Labute approximate surface area is 215 Å². The monoisotopic (exact) mass is 518 g/mol. The number of thiophene rings is 1. The molecule has 0 atom stereocenters. The number of hydrogen-bond acceptors (Lipinski definition) is 10. The van der Waals surface area contributed by atoms with E-state index in [9.17, 15) is 0 Å². The van der Waals surface area contributed by atoms with Gasteiger partial charge in [0.2, 0.25) is 5.13 Å². The van der Waals surface area contributed by atoms with Crippen molar-refractivity contribution in [1.29, 1.82) is 0 Å². The van der Waals surface area contributed by atoms with Crippen LogP contribution in [0.5, 0.6) is 11.5 Å². The molecule has 0 aliphatic carbocycles. The van der Waals surface area contributed by atoms with Gasteiger partial charge in [0.05, 0.1) is 10.2 Å².